The summed E-state index contributed by atoms with van der Waals surface area (Å²) < 4.78 is 43.5. The fraction of sp³-hybridized carbons (Fsp3) is 0.471. The van der Waals surface area contributed by atoms with Crippen LogP contribution in [0.4, 0.5) is 0 Å². The summed E-state index contributed by atoms with van der Waals surface area (Å²) in [5, 5.41) is 4.08. The molecule has 76 heavy (non-hydrogen) atoms. The van der Waals surface area contributed by atoms with Gasteiger partial charge in [0.1, 0.15) is 33.8 Å². The number of rotatable bonds is 5. The molecule has 6 aromatic carbocycles. The van der Waals surface area contributed by atoms with Crippen LogP contribution in [0.2, 0.25) is 0 Å². The molecule has 0 spiro atoms. The fourth-order valence-corrected chi connectivity index (χ4v) is 12.0. The second-order valence-corrected chi connectivity index (χ2v) is 31.6. The van der Waals surface area contributed by atoms with E-state index in [1.54, 1.807) is 0 Å². The first-order valence-electron chi connectivity index (χ1n) is 27.3. The van der Waals surface area contributed by atoms with Crippen LogP contribution in [0, 0.1) is 0 Å². The highest BCUT2D eigenvalue weighted by molar-refractivity contribution is 7.32. The van der Waals surface area contributed by atoms with E-state index in [1.807, 2.05) is 36.4 Å². The number of hydrogen-bond acceptors (Lipinski definition) is 6. The maximum absolute atomic E-state index is 7.27. The summed E-state index contributed by atoms with van der Waals surface area (Å²) in [6.07, 6.45) is 0. The van der Waals surface area contributed by atoms with E-state index in [4.69, 9.17) is 25.8 Å². The molecule has 2 heterocycles. The third-order valence-electron chi connectivity index (χ3n) is 14.7. The Morgan fingerprint density at radius 3 is 0.684 bits per heavy atom. The molecule has 0 aliphatic heterocycles. The highest BCUT2D eigenvalue weighted by Crippen LogP contribution is 2.51. The maximum atomic E-state index is 7.27. The van der Waals surface area contributed by atoms with Crippen molar-refractivity contribution in [3.05, 3.63) is 142 Å². The van der Waals surface area contributed by atoms with E-state index in [0.29, 0.717) is 11.5 Å². The van der Waals surface area contributed by atoms with Crippen LogP contribution in [0.15, 0.2) is 114 Å². The van der Waals surface area contributed by atoms with Crippen LogP contribution >= 0.6 is 16.5 Å². The van der Waals surface area contributed by atoms with Crippen molar-refractivity contribution in [1.29, 1.82) is 0 Å². The molecule has 8 heteroatoms. The summed E-state index contributed by atoms with van der Waals surface area (Å²) in [5.41, 5.74) is 12.6. The second-order valence-electron chi connectivity index (χ2n) is 29.6. The van der Waals surface area contributed by atoms with Crippen molar-refractivity contribution in [2.24, 2.45) is 0 Å². The lowest BCUT2D eigenvalue weighted by Gasteiger charge is -2.27. The van der Waals surface area contributed by atoms with Crippen LogP contribution < -0.4 is 9.05 Å². The third-order valence-corrected chi connectivity index (χ3v) is 16.7. The van der Waals surface area contributed by atoms with Gasteiger partial charge in [0, 0.05) is 54.9 Å². The van der Waals surface area contributed by atoms with E-state index in [1.165, 1.54) is 22.3 Å². The molecule has 0 N–H and O–H groups in total. The third kappa shape index (κ3) is 11.6. The molecule has 0 fully saturated rings. The van der Waals surface area contributed by atoms with Gasteiger partial charge in [-0.25, -0.2) is 0 Å². The predicted octanol–water partition coefficient (Wildman–Crippen LogP) is 22.6. The number of fused-ring (bicyclic) bond motifs is 6. The van der Waals surface area contributed by atoms with Gasteiger partial charge >= 0.3 is 16.5 Å². The lowest BCUT2D eigenvalue weighted by atomic mass is 9.77. The van der Waals surface area contributed by atoms with E-state index >= 15 is 0 Å². The molecule has 406 valence electrons. The van der Waals surface area contributed by atoms with Crippen LogP contribution in [0.3, 0.4) is 0 Å². The smallest absolute Gasteiger partial charge is 0.390 e. The van der Waals surface area contributed by atoms with Crippen LogP contribution in [0.25, 0.3) is 55.0 Å². The van der Waals surface area contributed by atoms with Gasteiger partial charge in [-0.1, -0.05) is 227 Å². The Morgan fingerprint density at radius 2 is 0.487 bits per heavy atom. The van der Waals surface area contributed by atoms with Gasteiger partial charge in [-0.3, -0.25) is 0 Å². The number of benzene rings is 6. The molecule has 0 aliphatic rings. The van der Waals surface area contributed by atoms with Gasteiger partial charge in [0.2, 0.25) is 0 Å². The lowest BCUT2D eigenvalue weighted by molar-refractivity contribution is 0.484. The van der Waals surface area contributed by atoms with Gasteiger partial charge < -0.3 is 25.8 Å². The summed E-state index contributed by atoms with van der Waals surface area (Å²) >= 11 is 0. The highest BCUT2D eigenvalue weighted by atomic mass is 31.1. The topological polar surface area (TPSA) is 71.0 Å². The molecule has 0 atom stereocenters. The van der Waals surface area contributed by atoms with Gasteiger partial charge in [0.05, 0.1) is 0 Å². The zero-order valence-electron chi connectivity index (χ0n) is 50.6. The van der Waals surface area contributed by atoms with E-state index in [9.17, 15) is 0 Å². The Bertz CT molecular complexity index is 3180. The van der Waals surface area contributed by atoms with E-state index in [-0.39, 0.29) is 43.3 Å². The van der Waals surface area contributed by atoms with Crippen molar-refractivity contribution in [1.82, 2.24) is 0 Å². The van der Waals surface area contributed by atoms with Crippen molar-refractivity contribution in [2.45, 2.75) is 209 Å². The molecule has 0 saturated carbocycles. The van der Waals surface area contributed by atoms with E-state index in [0.717, 1.165) is 77.3 Å². The van der Waals surface area contributed by atoms with Gasteiger partial charge in [-0.05, 0) is 102 Å². The molecular weight excluding hydrogens is 975 g/mol. The first-order chi connectivity index (χ1) is 34.7. The van der Waals surface area contributed by atoms with Gasteiger partial charge in [-0.2, -0.15) is 0 Å². The number of para-hydroxylation sites is 2. The summed E-state index contributed by atoms with van der Waals surface area (Å²) in [7, 11) is -4.17. The summed E-state index contributed by atoms with van der Waals surface area (Å²) in [6.45, 7) is 54.4. The predicted molar refractivity (Wildman–Crippen MR) is 326 cm³/mol. The lowest BCUT2D eigenvalue weighted by Crippen LogP contribution is -2.17. The van der Waals surface area contributed by atoms with Crippen LogP contribution in [0.5, 0.6) is 11.5 Å². The van der Waals surface area contributed by atoms with E-state index in [2.05, 4.69) is 227 Å². The molecule has 0 saturated heterocycles. The SMILES string of the molecule is CC(C)(C)c1cc(C(C)(C)C)c2op(Oc3ccccc3-c3ccccc3Op3oc4c(C(C)(C)C)cc(C(C)(C)C)cc4c4cc(C(C)(C)C)cc(C(C)(C)C)c4o3)oc3c(C(C)(C)C)cc(C(C)(C)C)cc3c2c1. The highest BCUT2D eigenvalue weighted by Gasteiger charge is 2.32. The molecule has 2 aromatic heterocycles. The molecule has 0 bridgehead atoms. The molecule has 0 amide bonds. The largest absolute Gasteiger partial charge is 0.453 e. The Labute approximate surface area is 457 Å². The monoisotopic (exact) mass is 1060 g/mol. The summed E-state index contributed by atoms with van der Waals surface area (Å²) in [4.78, 5) is 0. The Kier molecular flexibility index (Phi) is 14.4. The molecule has 0 unspecified atom stereocenters. The van der Waals surface area contributed by atoms with Crippen molar-refractivity contribution >= 4 is 60.4 Å². The molecule has 8 aromatic rings. The molecular formula is C68H88O6P2. The Hall–Kier alpha value is -5.28. The summed E-state index contributed by atoms with van der Waals surface area (Å²) in [6, 6.07) is 34.8. The zero-order chi connectivity index (χ0) is 56.3. The molecule has 8 rings (SSSR count). The number of hydrogen-bond donors (Lipinski definition) is 0. The van der Waals surface area contributed by atoms with Gasteiger partial charge in [0.15, 0.2) is 0 Å². The quantitative estimate of drug-likeness (QED) is 0.171. The van der Waals surface area contributed by atoms with Crippen LogP contribution in [-0.4, -0.2) is 0 Å². The first kappa shape index (κ1) is 56.9. The zero-order valence-corrected chi connectivity index (χ0v) is 52.4. The molecule has 6 nitrogen and oxygen atoms in total. The normalized spacial score (nSPS) is 13.5. The average molecular weight is 1060 g/mol. The van der Waals surface area contributed by atoms with Crippen LogP contribution in [0.1, 0.15) is 211 Å². The molecule has 0 radical (unpaired) electrons. The first-order valence-corrected chi connectivity index (χ1v) is 29.5. The second kappa shape index (κ2) is 19.3. The van der Waals surface area contributed by atoms with Gasteiger partial charge in [0.25, 0.3) is 0 Å². The van der Waals surface area contributed by atoms with Crippen molar-refractivity contribution in [3.8, 4) is 22.6 Å². The minimum absolute atomic E-state index is 0.122. The molecule has 0 aliphatic carbocycles. The fourth-order valence-electron chi connectivity index (χ4n) is 9.78. The van der Waals surface area contributed by atoms with Crippen molar-refractivity contribution in [3.63, 3.8) is 0 Å². The van der Waals surface area contributed by atoms with Gasteiger partial charge in [-0.15, -0.1) is 0 Å². The Morgan fingerprint density at radius 1 is 0.276 bits per heavy atom. The minimum Gasteiger partial charge on any atom is -0.390 e. The van der Waals surface area contributed by atoms with Crippen molar-refractivity contribution < 1.29 is 25.8 Å². The standard InChI is InChI=1S/C68H88O6P2/c1-61(2,3)41-33-47-48-34-42(62(4,5)6)38-52(66(16,17)18)58(48)72-75(71-57(47)51(37-41)65(13,14)15)69-55-31-27-25-29-45(55)46-30-26-28-32-56(46)70-76-73-59-49(35-43(63(7,8)9)39-53(59)67(19,20)21)50-36-44(64(10,11)12)40-54(60(50)74-76)68(22,23)24/h25-40H,1-24H3. The average Bonchev–Trinajstić information content (AvgIpc) is 3.52. The maximum Gasteiger partial charge on any atom is 0.453 e. The van der Waals surface area contributed by atoms with Crippen LogP contribution in [-0.2, 0) is 43.3 Å². The summed E-state index contributed by atoms with van der Waals surface area (Å²) in [5.74, 6) is 1.20. The minimum atomic E-state index is -2.08. The van der Waals surface area contributed by atoms with Crippen molar-refractivity contribution in [2.75, 3.05) is 0 Å². The van der Waals surface area contributed by atoms with E-state index < -0.39 is 16.5 Å². The Balaban J connectivity index is 1.41.